The number of hydrogen-bond acceptors (Lipinski definition) is 6. The van der Waals surface area contributed by atoms with E-state index in [4.69, 9.17) is 11.0 Å². The largest absolute Gasteiger partial charge is 0.356 e. The number of pyridine rings is 1. The molecular weight excluding hydrogens is 270 g/mol. The second-order valence-electron chi connectivity index (χ2n) is 5.70. The number of aromatic nitrogens is 1. The molecule has 0 amide bonds. The molecule has 0 saturated heterocycles. The highest BCUT2D eigenvalue weighted by atomic mass is 16.6. The molecule has 2 N–H and O–H groups in total. The number of anilines is 1. The van der Waals surface area contributed by atoms with Crippen molar-refractivity contribution in [3.05, 3.63) is 27.9 Å². The summed E-state index contributed by atoms with van der Waals surface area (Å²) in [5, 5.41) is 19.9. The lowest BCUT2D eigenvalue weighted by Gasteiger charge is -2.32. The average Bonchev–Trinajstić information content (AvgIpc) is 2.45. The Morgan fingerprint density at radius 2 is 2.19 bits per heavy atom. The third kappa shape index (κ3) is 4.39. The molecule has 1 aromatic rings. The predicted molar refractivity (Wildman–Crippen MR) is 80.9 cm³/mol. The molecule has 0 fully saturated rings. The summed E-state index contributed by atoms with van der Waals surface area (Å²) < 4.78 is 0. The molecule has 0 saturated carbocycles. The van der Waals surface area contributed by atoms with Crippen molar-refractivity contribution in [3.63, 3.8) is 0 Å². The molecule has 1 heterocycles. The standard InChI is InChI=1S/C14H21N5O2/c1-4-7-18(10-14(2,3)9-16)13-6-5-12(19(20)21)11(8-15)17-13/h5-6H,4,7,9-10,16H2,1-3H3. The Bertz CT molecular complexity index is 551. The van der Waals surface area contributed by atoms with Crippen molar-refractivity contribution in [2.45, 2.75) is 27.2 Å². The van der Waals surface area contributed by atoms with Crippen LogP contribution in [-0.4, -0.2) is 29.5 Å². The minimum Gasteiger partial charge on any atom is -0.356 e. The van der Waals surface area contributed by atoms with Crippen LogP contribution in [0.15, 0.2) is 12.1 Å². The molecule has 0 bridgehead atoms. The van der Waals surface area contributed by atoms with Crippen molar-refractivity contribution in [2.75, 3.05) is 24.5 Å². The Kier molecular flexibility index (Phi) is 5.61. The molecule has 0 atom stereocenters. The van der Waals surface area contributed by atoms with Gasteiger partial charge < -0.3 is 10.6 Å². The van der Waals surface area contributed by atoms with Gasteiger partial charge in [0.1, 0.15) is 11.9 Å². The molecule has 0 unspecified atom stereocenters. The molecule has 1 aromatic heterocycles. The van der Waals surface area contributed by atoms with Gasteiger partial charge in [-0.1, -0.05) is 20.8 Å². The second-order valence-corrected chi connectivity index (χ2v) is 5.70. The van der Waals surface area contributed by atoms with Gasteiger partial charge >= 0.3 is 5.69 Å². The maximum absolute atomic E-state index is 10.8. The minimum atomic E-state index is -0.594. The van der Waals surface area contributed by atoms with Crippen LogP contribution in [0.1, 0.15) is 32.9 Å². The van der Waals surface area contributed by atoms with Crippen LogP contribution in [0.2, 0.25) is 0 Å². The van der Waals surface area contributed by atoms with Crippen molar-refractivity contribution in [1.29, 1.82) is 5.26 Å². The van der Waals surface area contributed by atoms with Crippen LogP contribution < -0.4 is 10.6 Å². The van der Waals surface area contributed by atoms with E-state index in [2.05, 4.69) is 4.98 Å². The summed E-state index contributed by atoms with van der Waals surface area (Å²) in [6, 6.07) is 4.70. The first-order chi connectivity index (χ1) is 9.84. The van der Waals surface area contributed by atoms with E-state index in [0.717, 1.165) is 13.0 Å². The monoisotopic (exact) mass is 291 g/mol. The molecule has 0 aliphatic heterocycles. The van der Waals surface area contributed by atoms with Gasteiger partial charge in [-0.05, 0) is 24.4 Å². The van der Waals surface area contributed by atoms with E-state index in [-0.39, 0.29) is 16.8 Å². The fourth-order valence-electron chi connectivity index (χ4n) is 1.97. The summed E-state index contributed by atoms with van der Waals surface area (Å²) in [7, 11) is 0. The zero-order chi connectivity index (χ0) is 16.0. The van der Waals surface area contributed by atoms with E-state index in [9.17, 15) is 10.1 Å². The summed E-state index contributed by atoms with van der Waals surface area (Å²) >= 11 is 0. The Morgan fingerprint density at radius 1 is 1.52 bits per heavy atom. The summed E-state index contributed by atoms with van der Waals surface area (Å²) in [4.78, 5) is 16.4. The number of nitrogens with zero attached hydrogens (tertiary/aromatic N) is 4. The van der Waals surface area contributed by atoms with Crippen LogP contribution in [0.3, 0.4) is 0 Å². The number of hydrogen-bond donors (Lipinski definition) is 1. The number of nitro groups is 1. The molecular formula is C14H21N5O2. The lowest BCUT2D eigenvalue weighted by molar-refractivity contribution is -0.385. The van der Waals surface area contributed by atoms with Gasteiger partial charge in [-0.15, -0.1) is 0 Å². The Morgan fingerprint density at radius 3 is 2.67 bits per heavy atom. The Labute approximate surface area is 124 Å². The molecule has 114 valence electrons. The molecule has 7 heteroatoms. The van der Waals surface area contributed by atoms with E-state index in [0.29, 0.717) is 18.9 Å². The topological polar surface area (TPSA) is 109 Å². The fraction of sp³-hybridized carbons (Fsp3) is 0.571. The van der Waals surface area contributed by atoms with Crippen LogP contribution in [0.4, 0.5) is 11.5 Å². The van der Waals surface area contributed by atoms with Crippen LogP contribution in [0, 0.1) is 26.9 Å². The van der Waals surface area contributed by atoms with Crippen LogP contribution in [0.25, 0.3) is 0 Å². The van der Waals surface area contributed by atoms with Crippen molar-refractivity contribution in [1.82, 2.24) is 4.98 Å². The fourth-order valence-corrected chi connectivity index (χ4v) is 1.97. The maximum atomic E-state index is 10.8. The SMILES string of the molecule is CCCN(CC(C)(C)CN)c1ccc([N+](=O)[O-])c(C#N)n1. The third-order valence-corrected chi connectivity index (χ3v) is 3.15. The first-order valence-corrected chi connectivity index (χ1v) is 6.85. The summed E-state index contributed by atoms with van der Waals surface area (Å²) in [5.74, 6) is 0.570. The highest BCUT2D eigenvalue weighted by Crippen LogP contribution is 2.24. The summed E-state index contributed by atoms with van der Waals surface area (Å²) in [6.45, 7) is 8.08. The van der Waals surface area contributed by atoms with Gasteiger partial charge in [-0.3, -0.25) is 10.1 Å². The Balaban J connectivity index is 3.15. The highest BCUT2D eigenvalue weighted by Gasteiger charge is 2.23. The zero-order valence-electron chi connectivity index (χ0n) is 12.7. The summed E-state index contributed by atoms with van der Waals surface area (Å²) in [5.41, 5.74) is 5.22. The average molecular weight is 291 g/mol. The van der Waals surface area contributed by atoms with E-state index < -0.39 is 4.92 Å². The third-order valence-electron chi connectivity index (χ3n) is 3.15. The second kappa shape index (κ2) is 6.99. The molecule has 0 aliphatic rings. The molecule has 0 aliphatic carbocycles. The van der Waals surface area contributed by atoms with E-state index in [1.807, 2.05) is 25.7 Å². The van der Waals surface area contributed by atoms with Gasteiger partial charge in [0, 0.05) is 19.2 Å². The molecule has 21 heavy (non-hydrogen) atoms. The molecule has 0 aromatic carbocycles. The number of nitriles is 1. The maximum Gasteiger partial charge on any atom is 0.305 e. The van der Waals surface area contributed by atoms with Crippen molar-refractivity contribution in [3.8, 4) is 6.07 Å². The van der Waals surface area contributed by atoms with Crippen LogP contribution in [0.5, 0.6) is 0 Å². The number of nitrogens with two attached hydrogens (primary N) is 1. The van der Waals surface area contributed by atoms with Gasteiger partial charge in [-0.2, -0.15) is 5.26 Å². The lowest BCUT2D eigenvalue weighted by atomic mass is 9.93. The van der Waals surface area contributed by atoms with Crippen molar-refractivity contribution >= 4 is 11.5 Å². The van der Waals surface area contributed by atoms with Gasteiger partial charge in [0.15, 0.2) is 0 Å². The zero-order valence-corrected chi connectivity index (χ0v) is 12.7. The van der Waals surface area contributed by atoms with E-state index in [1.165, 1.54) is 6.07 Å². The van der Waals surface area contributed by atoms with Gasteiger partial charge in [0.05, 0.1) is 4.92 Å². The molecule has 0 radical (unpaired) electrons. The summed E-state index contributed by atoms with van der Waals surface area (Å²) in [6.07, 6.45) is 0.904. The highest BCUT2D eigenvalue weighted by molar-refractivity contribution is 5.51. The molecule has 0 spiro atoms. The van der Waals surface area contributed by atoms with E-state index >= 15 is 0 Å². The molecule has 7 nitrogen and oxygen atoms in total. The smallest absolute Gasteiger partial charge is 0.305 e. The van der Waals surface area contributed by atoms with Crippen LogP contribution >= 0.6 is 0 Å². The quantitative estimate of drug-likeness (QED) is 0.608. The predicted octanol–water partition coefficient (Wildman–Crippen LogP) is 2.06. The molecule has 1 rings (SSSR count). The first-order valence-electron chi connectivity index (χ1n) is 6.85. The van der Waals surface area contributed by atoms with E-state index in [1.54, 1.807) is 12.1 Å². The van der Waals surface area contributed by atoms with Crippen molar-refractivity contribution in [2.24, 2.45) is 11.1 Å². The normalized spacial score (nSPS) is 11.0. The van der Waals surface area contributed by atoms with Gasteiger partial charge in [0.2, 0.25) is 5.69 Å². The van der Waals surface area contributed by atoms with Gasteiger partial charge in [0.25, 0.3) is 0 Å². The number of rotatable bonds is 7. The van der Waals surface area contributed by atoms with Gasteiger partial charge in [-0.25, -0.2) is 4.98 Å². The minimum absolute atomic E-state index is 0.106. The Hall–Kier alpha value is -2.20. The first kappa shape index (κ1) is 16.9. The lowest BCUT2D eigenvalue weighted by Crippen LogP contribution is -2.39. The van der Waals surface area contributed by atoms with Crippen molar-refractivity contribution < 1.29 is 4.92 Å². The van der Waals surface area contributed by atoms with Crippen LogP contribution in [-0.2, 0) is 0 Å².